The van der Waals surface area contributed by atoms with Crippen LogP contribution in [0.15, 0.2) is 53.4 Å². The van der Waals surface area contributed by atoms with E-state index in [2.05, 4.69) is 5.32 Å². The van der Waals surface area contributed by atoms with E-state index in [4.69, 9.17) is 5.14 Å². The van der Waals surface area contributed by atoms with Gasteiger partial charge in [-0.15, -0.1) is 0 Å². The van der Waals surface area contributed by atoms with Gasteiger partial charge in [-0.3, -0.25) is 19.2 Å². The van der Waals surface area contributed by atoms with E-state index in [1.54, 1.807) is 36.4 Å². The first-order valence-electron chi connectivity index (χ1n) is 12.7. The Morgan fingerprint density at radius 3 is 2.05 bits per heavy atom. The van der Waals surface area contributed by atoms with Gasteiger partial charge in [0.1, 0.15) is 6.04 Å². The fraction of sp³-hybridized carbons (Fsp3) is 0.429. The molecule has 208 valence electrons. The second-order valence-corrected chi connectivity index (χ2v) is 12.9. The van der Waals surface area contributed by atoms with Crippen LogP contribution in [0.25, 0.3) is 0 Å². The third-order valence-corrected chi connectivity index (χ3v) is 9.32. The number of rotatable bonds is 8. The molecule has 1 atom stereocenters. The molecule has 11 heteroatoms. The van der Waals surface area contributed by atoms with E-state index < -0.39 is 27.9 Å². The number of hydrogen-bond acceptors (Lipinski definition) is 6. The molecule has 1 heterocycles. The second kappa shape index (κ2) is 9.87. The van der Waals surface area contributed by atoms with Crippen molar-refractivity contribution in [2.45, 2.75) is 58.4 Å². The summed E-state index contributed by atoms with van der Waals surface area (Å²) in [6.07, 6.45) is 0.212. The highest BCUT2D eigenvalue weighted by atomic mass is 32.2. The second-order valence-electron chi connectivity index (χ2n) is 11.4. The number of primary sulfonamides is 1. The number of nitrogens with two attached hydrogens (primary N) is 1. The van der Waals surface area contributed by atoms with E-state index in [0.717, 1.165) is 10.5 Å². The Morgan fingerprint density at radius 2 is 1.56 bits per heavy atom. The number of nitrogens with one attached hydrogen (secondary N) is 1. The fourth-order valence-corrected chi connectivity index (χ4v) is 6.04. The first kappa shape index (κ1) is 28.4. The fourth-order valence-electron chi connectivity index (χ4n) is 5.52. The van der Waals surface area contributed by atoms with Gasteiger partial charge in [-0.2, -0.15) is 0 Å². The summed E-state index contributed by atoms with van der Waals surface area (Å²) < 4.78 is 23.2. The van der Waals surface area contributed by atoms with E-state index in [0.29, 0.717) is 17.8 Å². The molecule has 0 spiro atoms. The highest BCUT2D eigenvalue weighted by Gasteiger charge is 2.69. The summed E-state index contributed by atoms with van der Waals surface area (Å²) >= 11 is 0. The lowest BCUT2D eigenvalue weighted by Crippen LogP contribution is -2.47. The van der Waals surface area contributed by atoms with Gasteiger partial charge < -0.3 is 10.2 Å². The smallest absolute Gasteiger partial charge is 0.257 e. The van der Waals surface area contributed by atoms with Crippen LogP contribution in [0.1, 0.15) is 46.6 Å². The Labute approximate surface area is 228 Å². The van der Waals surface area contributed by atoms with Crippen LogP contribution in [0.2, 0.25) is 0 Å². The van der Waals surface area contributed by atoms with Crippen LogP contribution in [0.5, 0.6) is 0 Å². The van der Waals surface area contributed by atoms with Crippen molar-refractivity contribution in [2.75, 3.05) is 16.8 Å². The number of nitrogens with zero attached hydrogens (tertiary/aromatic N) is 2. The molecule has 1 unspecified atom stereocenters. The van der Waals surface area contributed by atoms with Crippen molar-refractivity contribution < 1.29 is 27.6 Å². The molecule has 39 heavy (non-hydrogen) atoms. The molecule has 2 aromatic carbocycles. The zero-order valence-electron chi connectivity index (χ0n) is 22.7. The summed E-state index contributed by atoms with van der Waals surface area (Å²) in [6.45, 7) is 9.63. The Balaban J connectivity index is 1.59. The van der Waals surface area contributed by atoms with Crippen molar-refractivity contribution in [3.8, 4) is 0 Å². The highest BCUT2D eigenvalue weighted by Crippen LogP contribution is 2.69. The molecule has 0 radical (unpaired) electrons. The van der Waals surface area contributed by atoms with Gasteiger partial charge in [0.15, 0.2) is 0 Å². The predicted octanol–water partition coefficient (Wildman–Crippen LogP) is 2.68. The Kier molecular flexibility index (Phi) is 7.20. The number of sulfonamides is 1. The van der Waals surface area contributed by atoms with Crippen LogP contribution < -0.4 is 15.4 Å². The molecule has 1 aliphatic carbocycles. The van der Waals surface area contributed by atoms with Crippen LogP contribution in [0.4, 0.5) is 11.4 Å². The maximum absolute atomic E-state index is 13.9. The third-order valence-electron chi connectivity index (χ3n) is 8.39. The van der Waals surface area contributed by atoms with Crippen molar-refractivity contribution in [2.24, 2.45) is 21.9 Å². The summed E-state index contributed by atoms with van der Waals surface area (Å²) in [4.78, 5) is 54.5. The third kappa shape index (κ3) is 5.33. The molecule has 2 aromatic rings. The summed E-state index contributed by atoms with van der Waals surface area (Å²) in [6, 6.07) is 11.5. The van der Waals surface area contributed by atoms with E-state index in [1.165, 1.54) is 24.0 Å². The predicted molar refractivity (Wildman–Crippen MR) is 146 cm³/mol. The minimum atomic E-state index is -3.83. The molecule has 3 N–H and O–H groups in total. The molecule has 0 aromatic heterocycles. The number of amides is 4. The van der Waals surface area contributed by atoms with Gasteiger partial charge in [0.2, 0.25) is 27.7 Å². The van der Waals surface area contributed by atoms with Gasteiger partial charge >= 0.3 is 0 Å². The zero-order chi connectivity index (χ0) is 28.9. The maximum Gasteiger partial charge on any atom is 0.257 e. The minimum Gasteiger partial charge on any atom is -0.329 e. The number of carbonyl (C=O) groups is 4. The lowest BCUT2D eigenvalue weighted by molar-refractivity contribution is -0.140. The molecule has 4 rings (SSSR count). The van der Waals surface area contributed by atoms with Crippen LogP contribution in [0.3, 0.4) is 0 Å². The van der Waals surface area contributed by atoms with Crippen molar-refractivity contribution in [1.82, 2.24) is 4.90 Å². The monoisotopic (exact) mass is 554 g/mol. The van der Waals surface area contributed by atoms with E-state index in [1.807, 2.05) is 27.7 Å². The average Bonchev–Trinajstić information content (AvgIpc) is 3.07. The largest absolute Gasteiger partial charge is 0.329 e. The summed E-state index contributed by atoms with van der Waals surface area (Å²) in [5, 5.41) is 7.83. The van der Waals surface area contributed by atoms with Gasteiger partial charge in [-0.05, 0) is 59.2 Å². The SMILES string of the molecule is CC(=O)Nc1ccc(N2C(=O)CC(N(CCc3ccc(S(N)(=O)=O)cc3)C(=O)C3C(C)(C)C3(C)C)C2=O)cc1. The average molecular weight is 555 g/mol. The Morgan fingerprint density at radius 1 is 1.00 bits per heavy atom. The molecular formula is C28H34N4O6S. The lowest BCUT2D eigenvalue weighted by atomic mass is 10.0. The molecule has 1 aliphatic heterocycles. The Hall–Kier alpha value is -3.57. The van der Waals surface area contributed by atoms with Crippen molar-refractivity contribution in [3.05, 3.63) is 54.1 Å². The standard InChI is InChI=1S/C28H34N4O6S/c1-17(33)30-19-8-10-20(11-9-19)32-23(34)16-22(25(32)35)31(26(36)24-27(2,3)28(24,4)5)15-14-18-6-12-21(13-7-18)39(29,37)38/h6-13,22,24H,14-16H2,1-5H3,(H,30,33)(H2,29,37,38). The van der Waals surface area contributed by atoms with Crippen LogP contribution in [-0.4, -0.2) is 49.5 Å². The summed E-state index contributed by atoms with van der Waals surface area (Å²) in [5.41, 5.74) is 1.11. The number of carbonyl (C=O) groups excluding carboxylic acids is 4. The lowest BCUT2D eigenvalue weighted by Gasteiger charge is -2.29. The number of benzene rings is 2. The van der Waals surface area contributed by atoms with E-state index in [9.17, 15) is 27.6 Å². The van der Waals surface area contributed by atoms with Crippen LogP contribution in [-0.2, 0) is 35.6 Å². The summed E-state index contributed by atoms with van der Waals surface area (Å²) in [5.74, 6) is -1.64. The topological polar surface area (TPSA) is 147 Å². The van der Waals surface area contributed by atoms with Crippen LogP contribution >= 0.6 is 0 Å². The number of imide groups is 1. The van der Waals surface area contributed by atoms with Gasteiger partial charge in [0, 0.05) is 25.1 Å². The molecular weight excluding hydrogens is 520 g/mol. The first-order valence-corrected chi connectivity index (χ1v) is 14.3. The highest BCUT2D eigenvalue weighted by molar-refractivity contribution is 7.89. The molecule has 2 fully saturated rings. The van der Waals surface area contributed by atoms with Gasteiger partial charge in [-0.25, -0.2) is 18.5 Å². The molecule has 0 bridgehead atoms. The number of anilines is 2. The molecule has 10 nitrogen and oxygen atoms in total. The van der Waals surface area contributed by atoms with Gasteiger partial charge in [0.25, 0.3) is 5.91 Å². The van der Waals surface area contributed by atoms with Crippen LogP contribution in [0, 0.1) is 16.7 Å². The minimum absolute atomic E-state index is 0.0163. The van der Waals surface area contributed by atoms with Crippen molar-refractivity contribution >= 4 is 45.0 Å². The van der Waals surface area contributed by atoms with Gasteiger partial charge in [0.05, 0.1) is 17.0 Å². The van der Waals surface area contributed by atoms with E-state index >= 15 is 0 Å². The Bertz CT molecular complexity index is 1420. The van der Waals surface area contributed by atoms with Crippen molar-refractivity contribution in [1.29, 1.82) is 0 Å². The molecule has 1 saturated heterocycles. The van der Waals surface area contributed by atoms with Gasteiger partial charge in [-0.1, -0.05) is 39.8 Å². The molecule has 4 amide bonds. The molecule has 1 saturated carbocycles. The quantitative estimate of drug-likeness (QED) is 0.480. The zero-order valence-corrected chi connectivity index (χ0v) is 23.5. The molecule has 2 aliphatic rings. The first-order chi connectivity index (χ1) is 18.1. The number of hydrogen-bond donors (Lipinski definition) is 2. The normalized spacial score (nSPS) is 20.2. The maximum atomic E-state index is 13.9. The van der Waals surface area contributed by atoms with Crippen molar-refractivity contribution in [3.63, 3.8) is 0 Å². The summed E-state index contributed by atoms with van der Waals surface area (Å²) in [7, 11) is -3.83. The van der Waals surface area contributed by atoms with E-state index in [-0.39, 0.29) is 46.4 Å².